The molecule has 0 saturated carbocycles. The maximum absolute atomic E-state index is 9.76. The van der Waals surface area contributed by atoms with E-state index in [1.165, 1.54) is 5.56 Å². The maximum Gasteiger partial charge on any atom is 0.227 e. The number of nitrogens with one attached hydrogen (secondary N) is 1. The van der Waals surface area contributed by atoms with Gasteiger partial charge in [0.15, 0.2) is 0 Å². The fourth-order valence-corrected chi connectivity index (χ4v) is 5.20. The van der Waals surface area contributed by atoms with E-state index in [-0.39, 0.29) is 5.41 Å². The molecule has 1 aromatic heterocycles. The lowest BCUT2D eigenvalue weighted by atomic mass is 9.84. The average molecular weight is 490 g/mol. The van der Waals surface area contributed by atoms with E-state index in [2.05, 4.69) is 41.2 Å². The minimum Gasteiger partial charge on any atom is -0.494 e. The minimum absolute atomic E-state index is 0.0391. The number of hydrogen-bond donors (Lipinski definition) is 1. The van der Waals surface area contributed by atoms with E-state index >= 15 is 0 Å². The zero-order valence-corrected chi connectivity index (χ0v) is 20.9. The highest BCUT2D eigenvalue weighted by Gasteiger charge is 2.32. The predicted molar refractivity (Wildman–Crippen MR) is 138 cm³/mol. The predicted octanol–water partition coefficient (Wildman–Crippen LogP) is 5.48. The van der Waals surface area contributed by atoms with Gasteiger partial charge in [-0.25, -0.2) is 9.97 Å². The molecule has 7 nitrogen and oxygen atoms in total. The van der Waals surface area contributed by atoms with Crippen LogP contribution in [0.3, 0.4) is 0 Å². The topological polar surface area (TPSA) is 83.3 Å². The molecule has 0 unspecified atom stereocenters. The van der Waals surface area contributed by atoms with Crippen molar-refractivity contribution in [1.82, 2.24) is 9.97 Å². The second-order valence-electron chi connectivity index (χ2n) is 9.54. The van der Waals surface area contributed by atoms with Crippen molar-refractivity contribution < 1.29 is 9.47 Å². The molecule has 5 rings (SSSR count). The van der Waals surface area contributed by atoms with Gasteiger partial charge in [0.25, 0.3) is 0 Å². The first-order chi connectivity index (χ1) is 16.9. The number of halogens is 1. The van der Waals surface area contributed by atoms with Crippen molar-refractivity contribution in [1.29, 1.82) is 5.26 Å². The van der Waals surface area contributed by atoms with Gasteiger partial charge in [0.1, 0.15) is 5.75 Å². The van der Waals surface area contributed by atoms with Gasteiger partial charge in [-0.05, 0) is 53.6 Å². The van der Waals surface area contributed by atoms with Crippen LogP contribution >= 0.6 is 11.6 Å². The average Bonchev–Trinajstić information content (AvgIpc) is 3.18. The third-order valence-electron chi connectivity index (χ3n) is 6.92. The molecule has 3 aromatic rings. The van der Waals surface area contributed by atoms with Crippen LogP contribution in [0, 0.1) is 11.3 Å². The number of nitrogens with zero attached hydrogens (tertiary/aromatic N) is 4. The van der Waals surface area contributed by atoms with E-state index in [1.54, 1.807) is 13.3 Å². The van der Waals surface area contributed by atoms with Crippen molar-refractivity contribution in [3.63, 3.8) is 0 Å². The van der Waals surface area contributed by atoms with Gasteiger partial charge in [-0.1, -0.05) is 25.4 Å². The quantitative estimate of drug-likeness (QED) is 0.508. The lowest BCUT2D eigenvalue weighted by Crippen LogP contribution is -2.36. The molecule has 1 saturated heterocycles. The Morgan fingerprint density at radius 3 is 2.74 bits per heavy atom. The van der Waals surface area contributed by atoms with E-state index < -0.39 is 0 Å². The van der Waals surface area contributed by atoms with Crippen LogP contribution in [0.15, 0.2) is 36.5 Å². The summed E-state index contributed by atoms with van der Waals surface area (Å²) in [7, 11) is 1.63. The molecule has 0 spiro atoms. The molecule has 2 aromatic carbocycles. The van der Waals surface area contributed by atoms with Gasteiger partial charge in [-0.15, -0.1) is 0 Å². The van der Waals surface area contributed by atoms with Crippen LogP contribution in [0.1, 0.15) is 37.0 Å². The molecule has 2 heterocycles. The van der Waals surface area contributed by atoms with Gasteiger partial charge in [0.2, 0.25) is 5.95 Å². The summed E-state index contributed by atoms with van der Waals surface area (Å²) in [5, 5.41) is 13.6. The lowest BCUT2D eigenvalue weighted by Gasteiger charge is -2.30. The Hall–Kier alpha value is -3.34. The van der Waals surface area contributed by atoms with Crippen LogP contribution < -0.4 is 15.0 Å². The summed E-state index contributed by atoms with van der Waals surface area (Å²) < 4.78 is 11.1. The van der Waals surface area contributed by atoms with Crippen LogP contribution in [-0.2, 0) is 16.6 Å². The van der Waals surface area contributed by atoms with Crippen LogP contribution in [0.2, 0.25) is 5.02 Å². The first-order valence-corrected chi connectivity index (χ1v) is 12.2. The summed E-state index contributed by atoms with van der Waals surface area (Å²) in [6, 6.07) is 12.1. The van der Waals surface area contributed by atoms with Crippen molar-refractivity contribution in [2.24, 2.45) is 0 Å². The normalized spacial score (nSPS) is 16.5. The molecule has 1 fully saturated rings. The second-order valence-corrected chi connectivity index (χ2v) is 9.95. The number of hydrogen-bond acceptors (Lipinski definition) is 7. The lowest BCUT2D eigenvalue weighted by molar-refractivity contribution is 0.122. The van der Waals surface area contributed by atoms with Crippen LogP contribution in [-0.4, -0.2) is 43.4 Å². The van der Waals surface area contributed by atoms with Crippen molar-refractivity contribution in [3.05, 3.63) is 58.2 Å². The smallest absolute Gasteiger partial charge is 0.227 e. The molecule has 0 amide bonds. The number of fused-ring (bicyclic) bond motifs is 1. The Kier molecular flexibility index (Phi) is 6.26. The Morgan fingerprint density at radius 1 is 1.20 bits per heavy atom. The first-order valence-electron chi connectivity index (χ1n) is 11.8. The van der Waals surface area contributed by atoms with E-state index in [1.807, 2.05) is 24.3 Å². The number of nitriles is 1. The zero-order valence-electron chi connectivity index (χ0n) is 20.2. The summed E-state index contributed by atoms with van der Waals surface area (Å²) in [6.45, 7) is 7.37. The van der Waals surface area contributed by atoms with Crippen molar-refractivity contribution in [2.75, 3.05) is 43.6 Å². The van der Waals surface area contributed by atoms with E-state index in [9.17, 15) is 5.26 Å². The highest BCUT2D eigenvalue weighted by Crippen LogP contribution is 2.42. The second kappa shape index (κ2) is 9.37. The van der Waals surface area contributed by atoms with E-state index in [0.717, 1.165) is 54.0 Å². The number of morpholine rings is 1. The number of rotatable bonds is 5. The highest BCUT2D eigenvalue weighted by atomic mass is 35.5. The van der Waals surface area contributed by atoms with Gasteiger partial charge >= 0.3 is 0 Å². The fourth-order valence-electron chi connectivity index (χ4n) is 4.92. The number of methoxy groups -OCH3 is 1. The molecular weight excluding hydrogens is 462 g/mol. The third-order valence-corrected chi connectivity index (χ3v) is 7.22. The molecule has 180 valence electrons. The van der Waals surface area contributed by atoms with E-state index in [4.69, 9.17) is 26.1 Å². The molecule has 8 heteroatoms. The Bertz CT molecular complexity index is 1310. The standard InChI is InChI=1S/C27H28ClN5O2/c1-27(2)6-4-19-18(16-29)12-17(13-20(19)27)22-5-7-30-26(31-22)32-23-14-21(28)24(15-25(23)34-3)33-8-10-35-11-9-33/h5,7,12-15H,4,6,8-11H2,1-3H3,(H,30,31,32). The van der Waals surface area contributed by atoms with E-state index in [0.29, 0.717) is 35.6 Å². The van der Waals surface area contributed by atoms with Crippen LogP contribution in [0.25, 0.3) is 11.3 Å². The highest BCUT2D eigenvalue weighted by molar-refractivity contribution is 6.33. The third kappa shape index (κ3) is 4.52. The molecule has 1 N–H and O–H groups in total. The number of aromatic nitrogens is 2. The molecule has 35 heavy (non-hydrogen) atoms. The summed E-state index contributed by atoms with van der Waals surface area (Å²) in [6.07, 6.45) is 3.69. The molecule has 1 aliphatic heterocycles. The molecule has 0 atom stereocenters. The molecule has 0 bridgehead atoms. The summed E-state index contributed by atoms with van der Waals surface area (Å²) in [4.78, 5) is 11.3. The SMILES string of the molecule is COc1cc(N2CCOCC2)c(Cl)cc1Nc1nccc(-c2cc(C#N)c3c(c2)C(C)(C)CC3)n1. The molecular formula is C27H28ClN5O2. The van der Waals surface area contributed by atoms with Crippen LogP contribution in [0.5, 0.6) is 5.75 Å². The van der Waals surface area contributed by atoms with Gasteiger partial charge in [0, 0.05) is 30.9 Å². The first kappa shape index (κ1) is 23.4. The fraction of sp³-hybridized carbons (Fsp3) is 0.370. The van der Waals surface area contributed by atoms with Gasteiger partial charge in [-0.3, -0.25) is 0 Å². The number of anilines is 3. The Labute approximate surface area is 210 Å². The zero-order chi connectivity index (χ0) is 24.6. The molecule has 2 aliphatic rings. The Morgan fingerprint density at radius 2 is 2.00 bits per heavy atom. The maximum atomic E-state index is 9.76. The summed E-state index contributed by atoms with van der Waals surface area (Å²) in [5.74, 6) is 1.07. The molecule has 0 radical (unpaired) electrons. The van der Waals surface area contributed by atoms with Crippen LogP contribution in [0.4, 0.5) is 17.3 Å². The molecule has 1 aliphatic carbocycles. The van der Waals surface area contributed by atoms with Crippen molar-refractivity contribution >= 4 is 28.9 Å². The van der Waals surface area contributed by atoms with Crippen molar-refractivity contribution in [2.45, 2.75) is 32.1 Å². The van der Waals surface area contributed by atoms with Gasteiger partial charge in [-0.2, -0.15) is 5.26 Å². The monoisotopic (exact) mass is 489 g/mol. The number of ether oxygens (including phenoxy) is 2. The minimum atomic E-state index is 0.0391. The largest absolute Gasteiger partial charge is 0.494 e. The Balaban J connectivity index is 1.47. The number of benzene rings is 2. The van der Waals surface area contributed by atoms with Gasteiger partial charge in [0.05, 0.1) is 54.0 Å². The summed E-state index contributed by atoms with van der Waals surface area (Å²) >= 11 is 6.65. The van der Waals surface area contributed by atoms with Crippen molar-refractivity contribution in [3.8, 4) is 23.1 Å². The summed E-state index contributed by atoms with van der Waals surface area (Å²) in [5.41, 5.74) is 6.41. The van der Waals surface area contributed by atoms with Gasteiger partial charge < -0.3 is 19.7 Å².